The standard InChI is InChI=1S/C14H10ClNO2/c15-14-11(6-8-18-14)13(17)10-5-1-3-9-4-2-7-16-12(9)10/h1-8,13,17H. The van der Waals surface area contributed by atoms with E-state index in [0.717, 1.165) is 16.5 Å². The second kappa shape index (κ2) is 4.44. The fourth-order valence-corrected chi connectivity index (χ4v) is 2.23. The number of aliphatic hydroxyl groups excluding tert-OH is 1. The van der Waals surface area contributed by atoms with E-state index in [1.807, 2.05) is 30.3 Å². The molecule has 18 heavy (non-hydrogen) atoms. The fourth-order valence-electron chi connectivity index (χ4n) is 2.02. The molecule has 0 saturated carbocycles. The van der Waals surface area contributed by atoms with Crippen LogP contribution in [-0.2, 0) is 0 Å². The Morgan fingerprint density at radius 2 is 1.94 bits per heavy atom. The predicted octanol–water partition coefficient (Wildman–Crippen LogP) is 3.56. The smallest absolute Gasteiger partial charge is 0.199 e. The third kappa shape index (κ3) is 1.78. The summed E-state index contributed by atoms with van der Waals surface area (Å²) >= 11 is 5.89. The van der Waals surface area contributed by atoms with Crippen LogP contribution in [-0.4, -0.2) is 10.1 Å². The molecule has 0 amide bonds. The molecule has 90 valence electrons. The number of fused-ring (bicyclic) bond motifs is 1. The van der Waals surface area contributed by atoms with Gasteiger partial charge < -0.3 is 9.52 Å². The first kappa shape index (κ1) is 11.3. The van der Waals surface area contributed by atoms with Crippen LogP contribution in [0.5, 0.6) is 0 Å². The maximum atomic E-state index is 10.4. The molecule has 1 atom stereocenters. The molecule has 0 aliphatic carbocycles. The molecule has 0 fully saturated rings. The van der Waals surface area contributed by atoms with Crippen LogP contribution >= 0.6 is 11.6 Å². The van der Waals surface area contributed by atoms with Crippen molar-refractivity contribution in [3.8, 4) is 0 Å². The highest BCUT2D eigenvalue weighted by Crippen LogP contribution is 2.32. The molecule has 3 aromatic rings. The number of furan rings is 1. The van der Waals surface area contributed by atoms with Crippen molar-refractivity contribution < 1.29 is 9.52 Å². The van der Waals surface area contributed by atoms with Gasteiger partial charge >= 0.3 is 0 Å². The summed E-state index contributed by atoms with van der Waals surface area (Å²) in [6.45, 7) is 0. The zero-order chi connectivity index (χ0) is 12.5. The molecule has 0 aliphatic heterocycles. The summed E-state index contributed by atoms with van der Waals surface area (Å²) in [4.78, 5) is 4.31. The Balaban J connectivity index is 2.18. The summed E-state index contributed by atoms with van der Waals surface area (Å²) in [5, 5.41) is 11.6. The molecule has 0 saturated heterocycles. The Kier molecular flexibility index (Phi) is 2.78. The molecule has 1 unspecified atom stereocenters. The largest absolute Gasteiger partial charge is 0.453 e. The third-order valence-corrected chi connectivity index (χ3v) is 3.21. The van der Waals surface area contributed by atoms with Crippen LogP contribution in [0, 0.1) is 0 Å². The van der Waals surface area contributed by atoms with Crippen molar-refractivity contribution >= 4 is 22.5 Å². The van der Waals surface area contributed by atoms with Gasteiger partial charge in [0.05, 0.1) is 11.8 Å². The Bertz CT molecular complexity index is 688. The van der Waals surface area contributed by atoms with Crippen LogP contribution in [0.3, 0.4) is 0 Å². The molecule has 2 aromatic heterocycles. The van der Waals surface area contributed by atoms with Crippen molar-refractivity contribution in [2.45, 2.75) is 6.10 Å². The molecule has 0 radical (unpaired) electrons. The highest BCUT2D eigenvalue weighted by Gasteiger charge is 2.18. The average molecular weight is 260 g/mol. The maximum absolute atomic E-state index is 10.4. The normalized spacial score (nSPS) is 12.8. The summed E-state index contributed by atoms with van der Waals surface area (Å²) in [7, 11) is 0. The fraction of sp³-hybridized carbons (Fsp3) is 0.0714. The number of para-hydroxylation sites is 1. The second-order valence-electron chi connectivity index (χ2n) is 3.97. The van der Waals surface area contributed by atoms with Gasteiger partial charge in [0.2, 0.25) is 0 Å². The lowest BCUT2D eigenvalue weighted by atomic mass is 10.0. The number of nitrogens with zero attached hydrogens (tertiary/aromatic N) is 1. The summed E-state index contributed by atoms with van der Waals surface area (Å²) in [5.41, 5.74) is 2.04. The van der Waals surface area contributed by atoms with Gasteiger partial charge in [-0.3, -0.25) is 4.98 Å². The van der Waals surface area contributed by atoms with Crippen LogP contribution in [0.1, 0.15) is 17.2 Å². The summed E-state index contributed by atoms with van der Waals surface area (Å²) in [6, 6.07) is 11.2. The first-order chi connectivity index (χ1) is 8.77. The number of hydrogen-bond donors (Lipinski definition) is 1. The van der Waals surface area contributed by atoms with Crippen LogP contribution in [0.25, 0.3) is 10.9 Å². The SMILES string of the molecule is OC(c1ccoc1Cl)c1cccc2cccnc12. The minimum Gasteiger partial charge on any atom is -0.453 e. The summed E-state index contributed by atoms with van der Waals surface area (Å²) in [5.74, 6) is 0. The first-order valence-corrected chi connectivity index (χ1v) is 5.90. The molecule has 4 heteroatoms. The van der Waals surface area contributed by atoms with Gasteiger partial charge in [0.15, 0.2) is 5.22 Å². The van der Waals surface area contributed by atoms with Crippen LogP contribution in [0.15, 0.2) is 53.3 Å². The molecule has 3 rings (SSSR count). The Hall–Kier alpha value is -1.84. The maximum Gasteiger partial charge on any atom is 0.199 e. The first-order valence-electron chi connectivity index (χ1n) is 5.52. The highest BCUT2D eigenvalue weighted by molar-refractivity contribution is 6.29. The highest BCUT2D eigenvalue weighted by atomic mass is 35.5. The molecule has 1 N–H and O–H groups in total. The number of halogens is 1. The lowest BCUT2D eigenvalue weighted by molar-refractivity contribution is 0.221. The van der Waals surface area contributed by atoms with Crippen molar-refractivity contribution in [1.29, 1.82) is 0 Å². The number of aromatic nitrogens is 1. The van der Waals surface area contributed by atoms with E-state index >= 15 is 0 Å². The van der Waals surface area contributed by atoms with Gasteiger partial charge in [-0.25, -0.2) is 0 Å². The average Bonchev–Trinajstić information content (AvgIpc) is 2.83. The lowest BCUT2D eigenvalue weighted by Gasteiger charge is -2.11. The van der Waals surface area contributed by atoms with E-state index in [1.54, 1.807) is 12.3 Å². The van der Waals surface area contributed by atoms with E-state index in [1.165, 1.54) is 6.26 Å². The van der Waals surface area contributed by atoms with E-state index in [-0.39, 0.29) is 5.22 Å². The Morgan fingerprint density at radius 3 is 2.72 bits per heavy atom. The predicted molar refractivity (Wildman–Crippen MR) is 69.5 cm³/mol. The van der Waals surface area contributed by atoms with Crippen LogP contribution < -0.4 is 0 Å². The van der Waals surface area contributed by atoms with E-state index in [4.69, 9.17) is 16.0 Å². The molecule has 3 nitrogen and oxygen atoms in total. The molecular weight excluding hydrogens is 250 g/mol. The summed E-state index contributed by atoms with van der Waals surface area (Å²) < 4.78 is 5.00. The van der Waals surface area contributed by atoms with Crippen molar-refractivity contribution in [3.05, 3.63) is 65.2 Å². The zero-order valence-electron chi connectivity index (χ0n) is 9.38. The number of benzene rings is 1. The van der Waals surface area contributed by atoms with Crippen molar-refractivity contribution in [2.24, 2.45) is 0 Å². The lowest BCUT2D eigenvalue weighted by Crippen LogP contribution is -2.00. The molecule has 0 bridgehead atoms. The number of hydrogen-bond acceptors (Lipinski definition) is 3. The van der Waals surface area contributed by atoms with Gasteiger partial charge in [-0.15, -0.1) is 0 Å². The third-order valence-electron chi connectivity index (χ3n) is 2.90. The zero-order valence-corrected chi connectivity index (χ0v) is 10.1. The number of rotatable bonds is 2. The molecule has 2 heterocycles. The summed E-state index contributed by atoms with van der Waals surface area (Å²) in [6.07, 6.45) is 2.32. The van der Waals surface area contributed by atoms with Crippen LogP contribution in [0.2, 0.25) is 5.22 Å². The molecule has 0 spiro atoms. The molecular formula is C14H10ClNO2. The monoisotopic (exact) mass is 259 g/mol. The van der Waals surface area contributed by atoms with Gasteiger partial charge in [0.25, 0.3) is 0 Å². The minimum absolute atomic E-state index is 0.204. The van der Waals surface area contributed by atoms with Crippen molar-refractivity contribution in [2.75, 3.05) is 0 Å². The van der Waals surface area contributed by atoms with E-state index < -0.39 is 6.10 Å². The minimum atomic E-state index is -0.838. The van der Waals surface area contributed by atoms with Gasteiger partial charge in [0.1, 0.15) is 6.10 Å². The number of pyridine rings is 1. The van der Waals surface area contributed by atoms with Crippen LogP contribution in [0.4, 0.5) is 0 Å². The van der Waals surface area contributed by atoms with Gasteiger partial charge in [-0.1, -0.05) is 24.3 Å². The molecule has 1 aromatic carbocycles. The van der Waals surface area contributed by atoms with E-state index in [9.17, 15) is 5.11 Å². The van der Waals surface area contributed by atoms with Gasteiger partial charge in [-0.2, -0.15) is 0 Å². The van der Waals surface area contributed by atoms with Gasteiger partial charge in [0, 0.05) is 22.7 Å². The Morgan fingerprint density at radius 1 is 1.11 bits per heavy atom. The number of aliphatic hydroxyl groups is 1. The van der Waals surface area contributed by atoms with E-state index in [0.29, 0.717) is 5.56 Å². The van der Waals surface area contributed by atoms with Crippen molar-refractivity contribution in [1.82, 2.24) is 4.98 Å². The quantitative estimate of drug-likeness (QED) is 0.765. The van der Waals surface area contributed by atoms with Crippen molar-refractivity contribution in [3.63, 3.8) is 0 Å². The molecule has 0 aliphatic rings. The topological polar surface area (TPSA) is 46.3 Å². The van der Waals surface area contributed by atoms with Gasteiger partial charge in [-0.05, 0) is 23.7 Å². The Labute approximate surface area is 109 Å². The second-order valence-corrected chi connectivity index (χ2v) is 4.32. The van der Waals surface area contributed by atoms with E-state index in [2.05, 4.69) is 4.98 Å².